The zero-order chi connectivity index (χ0) is 7.84. The fourth-order valence-electron chi connectivity index (χ4n) is 2.04. The Balaban J connectivity index is 2.18. The second-order valence-corrected chi connectivity index (χ2v) is 3.35. The van der Waals surface area contributed by atoms with Crippen molar-refractivity contribution < 1.29 is 14.5 Å². The normalized spacial score (nSPS) is 35.1. The molecule has 2 atom stereocenters. The molecule has 1 saturated carbocycles. The van der Waals surface area contributed by atoms with Crippen LogP contribution in [0.2, 0.25) is 0 Å². The second-order valence-electron chi connectivity index (χ2n) is 3.35. The second kappa shape index (κ2) is 2.32. The minimum absolute atomic E-state index is 0.321. The van der Waals surface area contributed by atoms with E-state index in [0.29, 0.717) is 12.0 Å². The van der Waals surface area contributed by atoms with Crippen molar-refractivity contribution in [1.82, 2.24) is 0 Å². The average Bonchev–Trinajstić information content (AvgIpc) is 1.90. The molecule has 2 unspecified atom stereocenters. The minimum atomic E-state index is -0.778. The maximum absolute atomic E-state index is 10.6. The zero-order valence-corrected chi connectivity index (χ0v) is 6.36. The van der Waals surface area contributed by atoms with Gasteiger partial charge in [-0.15, -0.1) is 4.58 Å². The van der Waals surface area contributed by atoms with Crippen LogP contribution in [0.15, 0.2) is 0 Å². The third kappa shape index (κ3) is 0.951. The Morgan fingerprint density at radius 3 is 2.73 bits per heavy atom. The lowest BCUT2D eigenvalue weighted by molar-refractivity contribution is -0.515. The lowest BCUT2D eigenvalue weighted by Crippen LogP contribution is -2.47. The molecule has 1 amide bonds. The number of hydrogen-bond donors (Lipinski definition) is 1. The quantitative estimate of drug-likeness (QED) is 0.534. The van der Waals surface area contributed by atoms with Crippen molar-refractivity contribution in [3.8, 4) is 0 Å². The predicted molar refractivity (Wildman–Crippen MR) is 40.1 cm³/mol. The van der Waals surface area contributed by atoms with Gasteiger partial charge >= 0.3 is 6.09 Å². The Hall–Kier alpha value is -0.860. The summed E-state index contributed by atoms with van der Waals surface area (Å²) in [4.78, 5) is 10.6. The molecular formula is C8H12NO2+. The lowest BCUT2D eigenvalue weighted by Gasteiger charge is -2.33. The molecule has 3 heteroatoms. The van der Waals surface area contributed by atoms with Gasteiger partial charge in [-0.05, 0) is 12.8 Å². The molecule has 2 aliphatic rings. The van der Waals surface area contributed by atoms with Crippen LogP contribution < -0.4 is 0 Å². The highest BCUT2D eigenvalue weighted by molar-refractivity contribution is 5.65. The number of carbonyl (C=O) groups is 1. The molecule has 1 aliphatic heterocycles. The number of carboxylic acid groups (broad SMARTS) is 1. The molecule has 60 valence electrons. The van der Waals surface area contributed by atoms with Crippen molar-refractivity contribution in [3.63, 3.8) is 0 Å². The Morgan fingerprint density at radius 2 is 2.27 bits per heavy atom. The van der Waals surface area contributed by atoms with Crippen LogP contribution in [0.3, 0.4) is 0 Å². The van der Waals surface area contributed by atoms with Crippen LogP contribution in [0.4, 0.5) is 4.79 Å². The largest absolute Gasteiger partial charge is 0.593 e. The van der Waals surface area contributed by atoms with Crippen molar-refractivity contribution in [2.75, 3.05) is 0 Å². The number of hydrogen-bond acceptors (Lipinski definition) is 1. The fraction of sp³-hybridized carbons (Fsp3) is 0.750. The Kier molecular flexibility index (Phi) is 1.44. The van der Waals surface area contributed by atoms with E-state index in [2.05, 4.69) is 0 Å². The molecular weight excluding hydrogens is 142 g/mol. The number of amides is 1. The van der Waals surface area contributed by atoms with E-state index >= 15 is 0 Å². The van der Waals surface area contributed by atoms with Gasteiger partial charge in [0.1, 0.15) is 0 Å². The van der Waals surface area contributed by atoms with Crippen LogP contribution in [0.5, 0.6) is 0 Å². The van der Waals surface area contributed by atoms with Gasteiger partial charge in [0.05, 0.1) is 0 Å². The topological polar surface area (TPSA) is 40.3 Å². The van der Waals surface area contributed by atoms with Gasteiger partial charge in [-0.2, -0.15) is 4.79 Å². The highest BCUT2D eigenvalue weighted by atomic mass is 16.4. The van der Waals surface area contributed by atoms with E-state index in [4.69, 9.17) is 5.11 Å². The number of fused-ring (bicyclic) bond motifs is 1. The SMILES string of the molecule is O=C(O)[N+]1=CCCC2CCC21. The van der Waals surface area contributed by atoms with Crippen LogP contribution in [0, 0.1) is 5.92 Å². The van der Waals surface area contributed by atoms with Gasteiger partial charge in [-0.25, -0.2) is 0 Å². The fourth-order valence-corrected chi connectivity index (χ4v) is 2.04. The molecule has 0 spiro atoms. The van der Waals surface area contributed by atoms with E-state index in [0.717, 1.165) is 12.8 Å². The molecule has 11 heavy (non-hydrogen) atoms. The van der Waals surface area contributed by atoms with Crippen LogP contribution in [0.1, 0.15) is 25.7 Å². The van der Waals surface area contributed by atoms with Gasteiger partial charge in [0.25, 0.3) is 0 Å². The van der Waals surface area contributed by atoms with E-state index < -0.39 is 6.09 Å². The van der Waals surface area contributed by atoms with Gasteiger partial charge in [0, 0.05) is 18.8 Å². The maximum atomic E-state index is 10.6. The van der Waals surface area contributed by atoms with Crippen LogP contribution >= 0.6 is 0 Å². The van der Waals surface area contributed by atoms with E-state index in [1.165, 1.54) is 17.4 Å². The molecule has 2 rings (SSSR count). The summed E-state index contributed by atoms with van der Waals surface area (Å²) in [6.45, 7) is 0. The smallest absolute Gasteiger partial charge is 0.427 e. The number of nitrogens with zero attached hydrogens (tertiary/aromatic N) is 1. The summed E-state index contributed by atoms with van der Waals surface area (Å²) in [7, 11) is 0. The molecule has 1 heterocycles. The molecule has 0 aromatic carbocycles. The van der Waals surface area contributed by atoms with E-state index in [-0.39, 0.29) is 0 Å². The van der Waals surface area contributed by atoms with Gasteiger partial charge in [0.2, 0.25) is 0 Å². The first kappa shape index (κ1) is 6.83. The Labute approximate surface area is 65.3 Å². The van der Waals surface area contributed by atoms with Crippen molar-refractivity contribution in [2.24, 2.45) is 5.92 Å². The molecule has 1 fully saturated rings. The van der Waals surface area contributed by atoms with Crippen molar-refractivity contribution >= 4 is 12.3 Å². The first-order chi connectivity index (χ1) is 5.29. The monoisotopic (exact) mass is 154 g/mol. The van der Waals surface area contributed by atoms with Gasteiger partial charge in [-0.1, -0.05) is 0 Å². The molecule has 0 aromatic heterocycles. The average molecular weight is 154 g/mol. The number of rotatable bonds is 0. The van der Waals surface area contributed by atoms with Crippen LogP contribution in [-0.2, 0) is 0 Å². The molecule has 0 aromatic rings. The summed E-state index contributed by atoms with van der Waals surface area (Å²) in [5.74, 6) is 0.663. The van der Waals surface area contributed by atoms with Gasteiger partial charge in [-0.3, -0.25) is 0 Å². The summed E-state index contributed by atoms with van der Waals surface area (Å²) in [5.41, 5.74) is 0. The Bertz CT molecular complexity index is 222. The molecule has 0 radical (unpaired) electrons. The maximum Gasteiger partial charge on any atom is 0.593 e. The highest BCUT2D eigenvalue weighted by Gasteiger charge is 2.44. The summed E-state index contributed by atoms with van der Waals surface area (Å²) in [6.07, 6.45) is 5.46. The van der Waals surface area contributed by atoms with Gasteiger partial charge < -0.3 is 5.11 Å². The van der Waals surface area contributed by atoms with Crippen LogP contribution in [-0.4, -0.2) is 28.0 Å². The molecule has 1 aliphatic carbocycles. The van der Waals surface area contributed by atoms with Crippen molar-refractivity contribution in [3.05, 3.63) is 0 Å². The summed E-state index contributed by atoms with van der Waals surface area (Å²) < 4.78 is 1.50. The van der Waals surface area contributed by atoms with E-state index in [1.807, 2.05) is 6.21 Å². The van der Waals surface area contributed by atoms with E-state index in [9.17, 15) is 4.79 Å². The standard InChI is InChI=1S/C8H11NO2/c10-8(11)9-5-1-2-6-3-4-7(6)9/h5-7H,1-4H2/p+1. The summed E-state index contributed by atoms with van der Waals surface area (Å²) >= 11 is 0. The van der Waals surface area contributed by atoms with Crippen molar-refractivity contribution in [1.29, 1.82) is 0 Å². The van der Waals surface area contributed by atoms with Crippen molar-refractivity contribution in [2.45, 2.75) is 31.7 Å². The first-order valence-corrected chi connectivity index (χ1v) is 4.13. The Morgan fingerprint density at radius 1 is 1.45 bits per heavy atom. The van der Waals surface area contributed by atoms with Gasteiger partial charge in [0.15, 0.2) is 12.3 Å². The molecule has 0 bridgehead atoms. The highest BCUT2D eigenvalue weighted by Crippen LogP contribution is 2.35. The van der Waals surface area contributed by atoms with Crippen LogP contribution in [0.25, 0.3) is 0 Å². The molecule has 3 nitrogen and oxygen atoms in total. The van der Waals surface area contributed by atoms with E-state index in [1.54, 1.807) is 0 Å². The zero-order valence-electron chi connectivity index (χ0n) is 6.36. The third-order valence-electron chi connectivity index (χ3n) is 2.82. The molecule has 0 saturated heterocycles. The minimum Gasteiger partial charge on any atom is -0.427 e. The molecule has 1 N–H and O–H groups in total. The summed E-state index contributed by atoms with van der Waals surface area (Å²) in [5, 5.41) is 8.75. The third-order valence-corrected chi connectivity index (χ3v) is 2.82. The summed E-state index contributed by atoms with van der Waals surface area (Å²) in [6, 6.07) is 0.321. The first-order valence-electron chi connectivity index (χ1n) is 4.13. The lowest BCUT2D eigenvalue weighted by atomic mass is 9.75. The predicted octanol–water partition coefficient (Wildman–Crippen LogP) is 1.32.